The van der Waals surface area contributed by atoms with Crippen LogP contribution in [0.2, 0.25) is 0 Å². The van der Waals surface area contributed by atoms with Crippen LogP contribution in [0.15, 0.2) is 79.0 Å². The second kappa shape index (κ2) is 15.7. The lowest BCUT2D eigenvalue weighted by Gasteiger charge is -2.36. The first kappa shape index (κ1) is 36.0. The molecule has 0 saturated carbocycles. The fourth-order valence-electron chi connectivity index (χ4n) is 4.78. The van der Waals surface area contributed by atoms with Crippen molar-refractivity contribution in [1.82, 2.24) is 20.5 Å². The van der Waals surface area contributed by atoms with Crippen molar-refractivity contribution in [2.24, 2.45) is 11.1 Å². The molecule has 3 aromatic rings. The summed E-state index contributed by atoms with van der Waals surface area (Å²) >= 11 is 0. The number of alkyl carbamates (subject to hydrolysis) is 1. The number of aliphatic hydroxyl groups excluding tert-OH is 1. The summed E-state index contributed by atoms with van der Waals surface area (Å²) < 4.78 is 10.4. The minimum absolute atomic E-state index is 0.235. The maximum absolute atomic E-state index is 13.6. The zero-order valence-electron chi connectivity index (χ0n) is 27.7. The number of ether oxygens (including phenoxy) is 2. The first-order chi connectivity index (χ1) is 21.6. The molecule has 0 aliphatic rings. The van der Waals surface area contributed by atoms with Crippen molar-refractivity contribution in [2.45, 2.75) is 77.9 Å². The second-order valence-corrected chi connectivity index (χ2v) is 13.2. The molecule has 5 N–H and O–H groups in total. The van der Waals surface area contributed by atoms with E-state index in [0.29, 0.717) is 5.56 Å². The third-order valence-electron chi connectivity index (χ3n) is 7.23. The molecule has 0 radical (unpaired) electrons. The van der Waals surface area contributed by atoms with E-state index in [4.69, 9.17) is 15.2 Å². The van der Waals surface area contributed by atoms with E-state index in [-0.39, 0.29) is 13.0 Å². The molecule has 0 saturated heterocycles. The van der Waals surface area contributed by atoms with Gasteiger partial charge in [-0.2, -0.15) is 0 Å². The number of methoxy groups -OCH3 is 1. The highest BCUT2D eigenvalue weighted by molar-refractivity contribution is 5.86. The van der Waals surface area contributed by atoms with Crippen LogP contribution in [0.25, 0.3) is 11.3 Å². The van der Waals surface area contributed by atoms with Gasteiger partial charge in [0.1, 0.15) is 17.8 Å². The van der Waals surface area contributed by atoms with E-state index in [2.05, 4.69) is 15.6 Å². The van der Waals surface area contributed by atoms with E-state index in [1.54, 1.807) is 59.9 Å². The summed E-state index contributed by atoms with van der Waals surface area (Å²) in [5, 5.41) is 17.2. The number of aliphatic hydroxyl groups is 1. The van der Waals surface area contributed by atoms with Crippen LogP contribution < -0.4 is 16.4 Å². The molecule has 1 heterocycles. The smallest absolute Gasteiger partial charge is 0.411 e. The topological polar surface area (TPSA) is 156 Å². The number of carbonyl (C=O) groups is 3. The van der Waals surface area contributed by atoms with Crippen LogP contribution in [-0.4, -0.2) is 70.5 Å². The monoisotopic (exact) mass is 633 g/mol. The lowest BCUT2D eigenvalue weighted by Crippen LogP contribution is -2.59. The Morgan fingerprint density at radius 2 is 1.54 bits per heavy atom. The fourth-order valence-corrected chi connectivity index (χ4v) is 4.78. The Morgan fingerprint density at radius 3 is 2.09 bits per heavy atom. The van der Waals surface area contributed by atoms with Crippen LogP contribution >= 0.6 is 0 Å². The van der Waals surface area contributed by atoms with Gasteiger partial charge in [-0.05, 0) is 55.9 Å². The Morgan fingerprint density at radius 1 is 0.913 bits per heavy atom. The number of aromatic nitrogens is 1. The third-order valence-corrected chi connectivity index (χ3v) is 7.23. The van der Waals surface area contributed by atoms with Crippen LogP contribution in [0.3, 0.4) is 0 Å². The second-order valence-electron chi connectivity index (χ2n) is 13.2. The number of nitrogens with zero attached hydrogens (tertiary/aromatic N) is 2. The van der Waals surface area contributed by atoms with Crippen LogP contribution in [0.1, 0.15) is 58.8 Å². The van der Waals surface area contributed by atoms with Gasteiger partial charge in [0.25, 0.3) is 0 Å². The number of benzene rings is 2. The van der Waals surface area contributed by atoms with Crippen molar-refractivity contribution in [1.29, 1.82) is 0 Å². The number of rotatable bonds is 11. The molecule has 3 rings (SSSR count). The summed E-state index contributed by atoms with van der Waals surface area (Å²) in [7, 11) is 1.22. The summed E-state index contributed by atoms with van der Waals surface area (Å²) in [6.45, 7) is 10.4. The molecule has 0 aliphatic carbocycles. The largest absolute Gasteiger partial charge is 0.453 e. The molecule has 11 nitrogen and oxygen atoms in total. The molecule has 4 atom stereocenters. The molecule has 0 fully saturated rings. The van der Waals surface area contributed by atoms with Gasteiger partial charge < -0.3 is 30.9 Å². The van der Waals surface area contributed by atoms with E-state index in [1.165, 1.54) is 12.0 Å². The maximum atomic E-state index is 13.6. The minimum Gasteiger partial charge on any atom is -0.453 e. The van der Waals surface area contributed by atoms with Crippen molar-refractivity contribution < 1.29 is 29.0 Å². The maximum Gasteiger partial charge on any atom is 0.411 e. The molecule has 1 unspecified atom stereocenters. The van der Waals surface area contributed by atoms with Gasteiger partial charge in [0, 0.05) is 11.8 Å². The van der Waals surface area contributed by atoms with Gasteiger partial charge >= 0.3 is 12.2 Å². The standard InChI is InChI=1S/C35H47N5O6/c1-34(2,3)29(39-32(43)45-7)31(42)38-27(21-23-13-9-8-10-14-23)28(41)22-40(33(44)46-35(4,5)6)30(36)25-18-16-24(17-19-25)26-15-11-12-20-37-26/h8-20,27-30,41H,21-22,36H2,1-7H3,(H,38,42)(H,39,43)/t27-,28-,29+,30?/m0/s1. The first-order valence-corrected chi connectivity index (χ1v) is 15.2. The normalized spacial score (nSPS) is 14.3. The molecule has 1 aromatic heterocycles. The van der Waals surface area contributed by atoms with Crippen LogP contribution in [0.5, 0.6) is 0 Å². The summed E-state index contributed by atoms with van der Waals surface area (Å²) in [5.41, 5.74) is 8.27. The van der Waals surface area contributed by atoms with Gasteiger partial charge in [0.05, 0.1) is 31.5 Å². The summed E-state index contributed by atoms with van der Waals surface area (Å²) in [6, 6.07) is 20.4. The predicted molar refractivity (Wildman–Crippen MR) is 176 cm³/mol. The van der Waals surface area contributed by atoms with Gasteiger partial charge in [-0.25, -0.2) is 9.59 Å². The summed E-state index contributed by atoms with van der Waals surface area (Å²) in [5.74, 6) is -0.517. The van der Waals surface area contributed by atoms with E-state index in [9.17, 15) is 19.5 Å². The molecule has 0 aliphatic heterocycles. The van der Waals surface area contributed by atoms with E-state index >= 15 is 0 Å². The average Bonchev–Trinajstić information content (AvgIpc) is 3.01. The summed E-state index contributed by atoms with van der Waals surface area (Å²) in [6.07, 6.45) is -1.81. The third kappa shape index (κ3) is 10.6. The van der Waals surface area contributed by atoms with Crippen LogP contribution in [0.4, 0.5) is 9.59 Å². The highest BCUT2D eigenvalue weighted by Gasteiger charge is 2.37. The SMILES string of the molecule is COC(=O)N[C@H](C(=O)N[C@@H](Cc1ccccc1)[C@@H](O)CN(C(=O)OC(C)(C)C)C(N)c1ccc(-c2ccccn2)cc1)C(C)(C)C. The number of hydrogen-bond acceptors (Lipinski definition) is 8. The Kier molecular flexibility index (Phi) is 12.3. The number of carbonyl (C=O) groups excluding carboxylic acids is 3. The molecule has 11 heteroatoms. The zero-order chi connectivity index (χ0) is 34.1. The quantitative estimate of drug-likeness (QED) is 0.220. The Labute approximate surface area is 271 Å². The highest BCUT2D eigenvalue weighted by atomic mass is 16.6. The van der Waals surface area contributed by atoms with Crippen molar-refractivity contribution in [2.75, 3.05) is 13.7 Å². The Bertz CT molecular complexity index is 1420. The lowest BCUT2D eigenvalue weighted by atomic mass is 9.85. The van der Waals surface area contributed by atoms with E-state index in [0.717, 1.165) is 16.8 Å². The zero-order valence-corrected chi connectivity index (χ0v) is 27.7. The molecular weight excluding hydrogens is 586 g/mol. The van der Waals surface area contributed by atoms with Crippen molar-refractivity contribution in [3.05, 3.63) is 90.1 Å². The molecule has 0 bridgehead atoms. The summed E-state index contributed by atoms with van der Waals surface area (Å²) in [4.78, 5) is 44.9. The molecule has 248 valence electrons. The van der Waals surface area contributed by atoms with Crippen molar-refractivity contribution in [3.8, 4) is 11.3 Å². The molecule has 0 spiro atoms. The van der Waals surface area contributed by atoms with E-state index < -0.39 is 53.5 Å². The van der Waals surface area contributed by atoms with Gasteiger partial charge in [0.2, 0.25) is 5.91 Å². The molecule has 3 amide bonds. The predicted octanol–water partition coefficient (Wildman–Crippen LogP) is 4.80. The average molecular weight is 634 g/mol. The minimum atomic E-state index is -1.28. The van der Waals surface area contributed by atoms with Gasteiger partial charge in [-0.1, -0.05) is 81.4 Å². The molecule has 2 aromatic carbocycles. The van der Waals surface area contributed by atoms with Crippen molar-refractivity contribution in [3.63, 3.8) is 0 Å². The molecular formula is C35H47N5O6. The molecule has 46 heavy (non-hydrogen) atoms. The first-order valence-electron chi connectivity index (χ1n) is 15.2. The number of nitrogens with one attached hydrogen (secondary N) is 2. The van der Waals surface area contributed by atoms with Crippen LogP contribution in [0, 0.1) is 5.41 Å². The number of pyridine rings is 1. The fraction of sp³-hybridized carbons (Fsp3) is 0.429. The van der Waals surface area contributed by atoms with Crippen LogP contribution in [-0.2, 0) is 20.7 Å². The van der Waals surface area contributed by atoms with E-state index in [1.807, 2.05) is 60.7 Å². The van der Waals surface area contributed by atoms with Gasteiger partial charge in [0.15, 0.2) is 0 Å². The van der Waals surface area contributed by atoms with Crippen molar-refractivity contribution >= 4 is 18.1 Å². The number of hydrogen-bond donors (Lipinski definition) is 4. The lowest BCUT2D eigenvalue weighted by molar-refractivity contribution is -0.127. The van der Waals surface area contributed by atoms with Gasteiger partial charge in [-0.15, -0.1) is 0 Å². The number of amides is 3. The van der Waals surface area contributed by atoms with Gasteiger partial charge in [-0.3, -0.25) is 14.7 Å². The highest BCUT2D eigenvalue weighted by Crippen LogP contribution is 2.25. The Hall–Kier alpha value is -4.48. The number of nitrogens with two attached hydrogens (primary N) is 1. The Balaban J connectivity index is 1.93.